The number of likely N-dealkylation sites (tertiary alicyclic amines) is 1. The van der Waals surface area contributed by atoms with Crippen molar-refractivity contribution in [3.8, 4) is 11.3 Å². The Morgan fingerprint density at radius 1 is 1.19 bits per heavy atom. The third-order valence-electron chi connectivity index (χ3n) is 6.90. The molecule has 1 aromatic carbocycles. The van der Waals surface area contributed by atoms with Crippen molar-refractivity contribution >= 4 is 16.9 Å². The lowest BCUT2D eigenvalue weighted by atomic mass is 9.85. The van der Waals surface area contributed by atoms with Crippen LogP contribution in [0.5, 0.6) is 0 Å². The molecule has 0 radical (unpaired) electrons. The fourth-order valence-corrected chi connectivity index (χ4v) is 5.27. The van der Waals surface area contributed by atoms with Gasteiger partial charge in [0.2, 0.25) is 5.91 Å². The Kier molecular flexibility index (Phi) is 4.83. The van der Waals surface area contributed by atoms with Gasteiger partial charge in [0.15, 0.2) is 0 Å². The van der Waals surface area contributed by atoms with Crippen LogP contribution in [0.4, 0.5) is 13.2 Å². The van der Waals surface area contributed by atoms with E-state index < -0.39 is 11.7 Å². The molecule has 1 saturated heterocycles. The van der Waals surface area contributed by atoms with Crippen molar-refractivity contribution in [3.63, 3.8) is 0 Å². The highest BCUT2D eigenvalue weighted by atomic mass is 19.4. The minimum Gasteiger partial charge on any atom is -0.339 e. The highest BCUT2D eigenvalue weighted by molar-refractivity contribution is 5.90. The van der Waals surface area contributed by atoms with Crippen molar-refractivity contribution in [2.24, 2.45) is 5.41 Å². The molecule has 3 aromatic rings. The van der Waals surface area contributed by atoms with E-state index in [-0.39, 0.29) is 17.4 Å². The quantitative estimate of drug-likeness (QED) is 0.523. The molecule has 2 aromatic heterocycles. The number of nitrogens with zero attached hydrogens (tertiary/aromatic N) is 4. The molecule has 3 heterocycles. The van der Waals surface area contributed by atoms with Gasteiger partial charge < -0.3 is 4.90 Å². The molecule has 0 bridgehead atoms. The van der Waals surface area contributed by atoms with Crippen molar-refractivity contribution in [2.75, 3.05) is 13.1 Å². The maximum absolute atomic E-state index is 13.0. The summed E-state index contributed by atoms with van der Waals surface area (Å²) in [4.78, 5) is 18.4. The molecule has 2 atom stereocenters. The van der Waals surface area contributed by atoms with E-state index in [0.29, 0.717) is 16.8 Å². The number of carbonyl (C=O) groups is 1. The number of hydrogen-bond acceptors (Lipinski definition) is 3. The van der Waals surface area contributed by atoms with Crippen molar-refractivity contribution < 1.29 is 18.0 Å². The molecule has 32 heavy (non-hydrogen) atoms. The number of aromatic nitrogens is 3. The Bertz CT molecular complexity index is 1180. The van der Waals surface area contributed by atoms with E-state index in [4.69, 9.17) is 5.10 Å². The van der Waals surface area contributed by atoms with Crippen LogP contribution in [0, 0.1) is 5.41 Å². The number of pyridine rings is 1. The zero-order valence-corrected chi connectivity index (χ0v) is 17.5. The fourth-order valence-electron chi connectivity index (χ4n) is 5.27. The summed E-state index contributed by atoms with van der Waals surface area (Å²) in [6.07, 6.45) is 2.49. The summed E-state index contributed by atoms with van der Waals surface area (Å²) in [5.41, 5.74) is 2.15. The number of fused-ring (bicyclic) bond motifs is 1. The van der Waals surface area contributed by atoms with E-state index >= 15 is 0 Å². The molecule has 1 aliphatic carbocycles. The highest BCUT2D eigenvalue weighted by Crippen LogP contribution is 2.50. The summed E-state index contributed by atoms with van der Waals surface area (Å²) in [5, 5.41) is 4.83. The molecule has 8 heteroatoms. The second-order valence-electron chi connectivity index (χ2n) is 8.85. The molecule has 1 spiro atoms. The average Bonchev–Trinajstić information content (AvgIpc) is 3.50. The van der Waals surface area contributed by atoms with Gasteiger partial charge in [-0.2, -0.15) is 18.3 Å². The third-order valence-corrected chi connectivity index (χ3v) is 6.90. The first kappa shape index (κ1) is 20.7. The molecule has 0 N–H and O–H groups in total. The topological polar surface area (TPSA) is 51.0 Å². The smallest absolute Gasteiger partial charge is 0.339 e. The number of carbonyl (C=O) groups excluding carboxylic acids is 1. The number of rotatable bonds is 3. The summed E-state index contributed by atoms with van der Waals surface area (Å²) in [5.74, 6) is -0.0244. The normalized spacial score (nSPS) is 23.3. The van der Waals surface area contributed by atoms with Crippen LogP contribution in [0.25, 0.3) is 22.3 Å². The van der Waals surface area contributed by atoms with E-state index in [2.05, 4.69) is 11.6 Å². The first-order valence-electron chi connectivity index (χ1n) is 10.7. The predicted octanol–water partition coefficient (Wildman–Crippen LogP) is 5.25. The Balaban J connectivity index is 1.46. The Morgan fingerprint density at radius 2 is 1.97 bits per heavy atom. The van der Waals surface area contributed by atoms with E-state index in [0.717, 1.165) is 56.4 Å². The molecule has 2 unspecified atom stereocenters. The summed E-state index contributed by atoms with van der Waals surface area (Å²) in [6.45, 7) is 5.07. The lowest BCUT2D eigenvalue weighted by molar-refractivity contribution is -0.137. The van der Waals surface area contributed by atoms with Crippen molar-refractivity contribution in [3.05, 3.63) is 60.8 Å². The predicted molar refractivity (Wildman–Crippen MR) is 115 cm³/mol. The van der Waals surface area contributed by atoms with E-state index in [1.54, 1.807) is 6.20 Å². The summed E-state index contributed by atoms with van der Waals surface area (Å²) in [6, 6.07) is 9.03. The number of alkyl halides is 3. The number of hydrogen-bond donors (Lipinski definition) is 0. The zero-order chi connectivity index (χ0) is 22.5. The van der Waals surface area contributed by atoms with Gasteiger partial charge in [-0.05, 0) is 61.4 Å². The van der Waals surface area contributed by atoms with Crippen LogP contribution in [-0.4, -0.2) is 38.7 Å². The molecular weight excluding hydrogens is 417 g/mol. The fraction of sp³-hybridized carbons (Fsp3) is 0.375. The van der Waals surface area contributed by atoms with Crippen LogP contribution < -0.4 is 0 Å². The third kappa shape index (κ3) is 3.47. The molecular formula is C24H23F3N4O. The Labute approximate surface area is 183 Å². The van der Waals surface area contributed by atoms with Gasteiger partial charge in [-0.1, -0.05) is 18.7 Å². The van der Waals surface area contributed by atoms with Crippen LogP contribution in [0.15, 0.2) is 55.3 Å². The van der Waals surface area contributed by atoms with E-state index in [1.165, 1.54) is 18.2 Å². The SMILES string of the molecule is C=CC(=O)N1CCC2(CCC(n3nc(-c4ccc(C(F)(F)F)cc4)c4ncccc43)C2)C1. The van der Waals surface area contributed by atoms with E-state index in [9.17, 15) is 18.0 Å². The lowest BCUT2D eigenvalue weighted by Crippen LogP contribution is -2.29. The zero-order valence-electron chi connectivity index (χ0n) is 17.5. The molecule has 166 valence electrons. The van der Waals surface area contributed by atoms with Crippen LogP contribution in [0.2, 0.25) is 0 Å². The maximum atomic E-state index is 13.0. The molecule has 1 amide bonds. The monoisotopic (exact) mass is 440 g/mol. The van der Waals surface area contributed by atoms with Gasteiger partial charge in [0.05, 0.1) is 17.1 Å². The highest BCUT2D eigenvalue weighted by Gasteiger charge is 2.46. The average molecular weight is 440 g/mol. The van der Waals surface area contributed by atoms with Crippen molar-refractivity contribution in [1.29, 1.82) is 0 Å². The Morgan fingerprint density at radius 3 is 2.69 bits per heavy atom. The molecule has 1 aliphatic heterocycles. The summed E-state index contributed by atoms with van der Waals surface area (Å²) < 4.78 is 40.9. The second kappa shape index (κ2) is 7.46. The molecule has 2 aliphatic rings. The van der Waals surface area contributed by atoms with Crippen LogP contribution >= 0.6 is 0 Å². The Hall–Kier alpha value is -3.16. The van der Waals surface area contributed by atoms with Crippen LogP contribution in [0.3, 0.4) is 0 Å². The van der Waals surface area contributed by atoms with Gasteiger partial charge in [-0.15, -0.1) is 0 Å². The summed E-state index contributed by atoms with van der Waals surface area (Å²) in [7, 11) is 0. The van der Waals surface area contributed by atoms with Gasteiger partial charge in [-0.25, -0.2) is 0 Å². The molecule has 5 nitrogen and oxygen atoms in total. The van der Waals surface area contributed by atoms with Crippen molar-refractivity contribution in [2.45, 2.75) is 37.9 Å². The molecule has 1 saturated carbocycles. The number of halogens is 3. The molecule has 5 rings (SSSR count). The maximum Gasteiger partial charge on any atom is 0.416 e. The van der Waals surface area contributed by atoms with Crippen LogP contribution in [-0.2, 0) is 11.0 Å². The van der Waals surface area contributed by atoms with E-state index in [1.807, 2.05) is 21.7 Å². The van der Waals surface area contributed by atoms with Gasteiger partial charge in [0.25, 0.3) is 0 Å². The largest absolute Gasteiger partial charge is 0.416 e. The van der Waals surface area contributed by atoms with Gasteiger partial charge >= 0.3 is 6.18 Å². The number of benzene rings is 1. The van der Waals surface area contributed by atoms with Gasteiger partial charge in [0.1, 0.15) is 11.2 Å². The minimum absolute atomic E-state index is 0.0244. The molecule has 2 fully saturated rings. The van der Waals surface area contributed by atoms with Gasteiger partial charge in [0, 0.05) is 24.8 Å². The summed E-state index contributed by atoms with van der Waals surface area (Å²) >= 11 is 0. The first-order chi connectivity index (χ1) is 15.3. The van der Waals surface area contributed by atoms with Gasteiger partial charge in [-0.3, -0.25) is 14.5 Å². The minimum atomic E-state index is -4.38. The second-order valence-corrected chi connectivity index (χ2v) is 8.85. The number of amides is 1. The standard InChI is InChI=1S/C24H23F3N4O/c1-2-20(32)30-13-11-23(15-30)10-9-18(14-23)31-19-4-3-12-28-22(19)21(29-31)16-5-7-17(8-6-16)24(25,26)27/h2-8,12,18H,1,9-11,13-15H2. The lowest BCUT2D eigenvalue weighted by Gasteiger charge is -2.24. The first-order valence-corrected chi connectivity index (χ1v) is 10.7. The van der Waals surface area contributed by atoms with Crippen LogP contribution in [0.1, 0.15) is 37.3 Å². The van der Waals surface area contributed by atoms with Crippen molar-refractivity contribution in [1.82, 2.24) is 19.7 Å².